The number of carbonyl (C=O) groups is 1. The van der Waals surface area contributed by atoms with Crippen LogP contribution in [0.15, 0.2) is 18.2 Å². The van der Waals surface area contributed by atoms with E-state index in [0.717, 1.165) is 11.1 Å². The number of benzene rings is 1. The molecular formula is C18H28N2O4S. The highest BCUT2D eigenvalue weighted by Gasteiger charge is 2.25. The van der Waals surface area contributed by atoms with Crippen LogP contribution in [0.4, 0.5) is 5.69 Å². The van der Waals surface area contributed by atoms with Gasteiger partial charge in [0.15, 0.2) is 0 Å². The Morgan fingerprint density at radius 1 is 1.28 bits per heavy atom. The number of aryl methyl sites for hydroxylation is 1. The van der Waals surface area contributed by atoms with E-state index in [0.29, 0.717) is 32.0 Å². The van der Waals surface area contributed by atoms with E-state index in [1.165, 1.54) is 10.6 Å². The summed E-state index contributed by atoms with van der Waals surface area (Å²) in [6, 6.07) is 5.80. The Morgan fingerprint density at radius 2 is 1.92 bits per heavy atom. The maximum absolute atomic E-state index is 12.4. The Labute approximate surface area is 150 Å². The van der Waals surface area contributed by atoms with E-state index < -0.39 is 10.0 Å². The van der Waals surface area contributed by atoms with E-state index in [2.05, 4.69) is 0 Å². The molecule has 6 nitrogen and oxygen atoms in total. The Balaban J connectivity index is 2.25. The van der Waals surface area contributed by atoms with E-state index in [4.69, 9.17) is 4.74 Å². The number of hydrogen-bond donors (Lipinski definition) is 0. The monoisotopic (exact) mass is 368 g/mol. The van der Waals surface area contributed by atoms with Crippen molar-refractivity contribution in [2.24, 2.45) is 0 Å². The van der Waals surface area contributed by atoms with Gasteiger partial charge in [-0.3, -0.25) is 9.10 Å². The molecule has 0 N–H and O–H groups in total. The van der Waals surface area contributed by atoms with Crippen molar-refractivity contribution in [1.29, 1.82) is 0 Å². The van der Waals surface area contributed by atoms with Gasteiger partial charge in [0.1, 0.15) is 0 Å². The van der Waals surface area contributed by atoms with Gasteiger partial charge in [-0.1, -0.05) is 32.0 Å². The highest BCUT2D eigenvalue weighted by atomic mass is 32.2. The molecule has 25 heavy (non-hydrogen) atoms. The van der Waals surface area contributed by atoms with Crippen LogP contribution in [0.2, 0.25) is 0 Å². The molecule has 0 aliphatic carbocycles. The fraction of sp³-hybridized carbons (Fsp3) is 0.611. The maximum Gasteiger partial charge on any atom is 0.232 e. The predicted molar refractivity (Wildman–Crippen MR) is 99.5 cm³/mol. The smallest absolute Gasteiger partial charge is 0.232 e. The van der Waals surface area contributed by atoms with Gasteiger partial charge in [0.05, 0.1) is 25.2 Å². The van der Waals surface area contributed by atoms with Crippen LogP contribution < -0.4 is 4.31 Å². The molecule has 1 fully saturated rings. The van der Waals surface area contributed by atoms with Crippen molar-refractivity contribution in [3.8, 4) is 0 Å². The average molecular weight is 368 g/mol. The Kier molecular flexibility index (Phi) is 6.46. The third-order valence-electron chi connectivity index (χ3n) is 4.43. The molecule has 0 unspecified atom stereocenters. The number of carbonyl (C=O) groups excluding carboxylic acids is 1. The number of hydrogen-bond acceptors (Lipinski definition) is 4. The first kappa shape index (κ1) is 19.7. The minimum absolute atomic E-state index is 0.0309. The number of para-hydroxylation sites is 1. The van der Waals surface area contributed by atoms with Crippen molar-refractivity contribution in [1.82, 2.24) is 4.90 Å². The van der Waals surface area contributed by atoms with Crippen molar-refractivity contribution >= 4 is 21.6 Å². The van der Waals surface area contributed by atoms with Crippen LogP contribution in [-0.4, -0.2) is 58.3 Å². The highest BCUT2D eigenvalue weighted by Crippen LogP contribution is 2.32. The van der Waals surface area contributed by atoms with E-state index in [-0.39, 0.29) is 24.8 Å². The molecule has 1 aromatic rings. The van der Waals surface area contributed by atoms with E-state index in [1.54, 1.807) is 4.90 Å². The summed E-state index contributed by atoms with van der Waals surface area (Å²) in [5.41, 5.74) is 2.58. The number of anilines is 1. The normalized spacial score (nSPS) is 15.5. The molecule has 0 aromatic heterocycles. The average Bonchev–Trinajstić information content (AvgIpc) is 2.55. The molecule has 1 aromatic carbocycles. The molecule has 0 spiro atoms. The summed E-state index contributed by atoms with van der Waals surface area (Å²) >= 11 is 0. The summed E-state index contributed by atoms with van der Waals surface area (Å²) in [6.45, 7) is 8.35. The first-order valence-corrected chi connectivity index (χ1v) is 10.5. The molecule has 0 bridgehead atoms. The lowest BCUT2D eigenvalue weighted by molar-refractivity contribution is -0.135. The molecule has 1 aliphatic heterocycles. The summed E-state index contributed by atoms with van der Waals surface area (Å²) in [7, 11) is -3.48. The number of amides is 1. The van der Waals surface area contributed by atoms with E-state index >= 15 is 0 Å². The van der Waals surface area contributed by atoms with Gasteiger partial charge in [0.25, 0.3) is 0 Å². The summed E-state index contributed by atoms with van der Waals surface area (Å²) in [4.78, 5) is 14.2. The molecule has 7 heteroatoms. The van der Waals surface area contributed by atoms with Gasteiger partial charge >= 0.3 is 0 Å². The second kappa shape index (κ2) is 8.19. The van der Waals surface area contributed by atoms with Gasteiger partial charge in [0, 0.05) is 26.1 Å². The topological polar surface area (TPSA) is 66.9 Å². The van der Waals surface area contributed by atoms with Crippen LogP contribution in [0.25, 0.3) is 0 Å². The first-order valence-electron chi connectivity index (χ1n) is 8.64. The van der Waals surface area contributed by atoms with Crippen molar-refractivity contribution in [3.05, 3.63) is 29.3 Å². The summed E-state index contributed by atoms with van der Waals surface area (Å²) in [5, 5.41) is 0. The lowest BCUT2D eigenvalue weighted by Crippen LogP contribution is -2.42. The fourth-order valence-electron chi connectivity index (χ4n) is 3.10. The molecule has 1 amide bonds. The Bertz CT molecular complexity index is 710. The molecule has 2 rings (SSSR count). The van der Waals surface area contributed by atoms with Crippen LogP contribution in [0.3, 0.4) is 0 Å². The lowest BCUT2D eigenvalue weighted by Gasteiger charge is -2.30. The Hall–Kier alpha value is -1.60. The quantitative estimate of drug-likeness (QED) is 0.771. The van der Waals surface area contributed by atoms with Gasteiger partial charge in [0.2, 0.25) is 15.9 Å². The summed E-state index contributed by atoms with van der Waals surface area (Å²) in [6.07, 6.45) is 1.36. The molecule has 1 saturated heterocycles. The van der Waals surface area contributed by atoms with Crippen LogP contribution in [0.5, 0.6) is 0 Å². The van der Waals surface area contributed by atoms with Crippen LogP contribution >= 0.6 is 0 Å². The lowest BCUT2D eigenvalue weighted by atomic mass is 9.98. The van der Waals surface area contributed by atoms with Gasteiger partial charge in [-0.25, -0.2) is 8.42 Å². The maximum atomic E-state index is 12.4. The molecule has 0 saturated carbocycles. The SMILES string of the molecule is Cc1cccc(C(C)C)c1N(CCC(=O)N1CCOCC1)S(C)(=O)=O. The minimum Gasteiger partial charge on any atom is -0.378 e. The number of rotatable bonds is 6. The number of nitrogens with zero attached hydrogens (tertiary/aromatic N) is 2. The molecule has 0 atom stereocenters. The number of sulfonamides is 1. The second-order valence-corrected chi connectivity index (χ2v) is 8.65. The zero-order chi connectivity index (χ0) is 18.6. The highest BCUT2D eigenvalue weighted by molar-refractivity contribution is 7.92. The summed E-state index contributed by atoms with van der Waals surface area (Å²) < 4.78 is 31.5. The van der Waals surface area contributed by atoms with Gasteiger partial charge in [-0.2, -0.15) is 0 Å². The van der Waals surface area contributed by atoms with Crippen LogP contribution in [0, 0.1) is 6.92 Å². The van der Waals surface area contributed by atoms with Crippen molar-refractivity contribution in [2.45, 2.75) is 33.1 Å². The zero-order valence-corrected chi connectivity index (χ0v) is 16.3. The van der Waals surface area contributed by atoms with Crippen molar-refractivity contribution in [2.75, 3.05) is 43.4 Å². The van der Waals surface area contributed by atoms with Crippen molar-refractivity contribution in [3.63, 3.8) is 0 Å². The van der Waals surface area contributed by atoms with Gasteiger partial charge in [-0.15, -0.1) is 0 Å². The first-order chi connectivity index (χ1) is 11.7. The predicted octanol–water partition coefficient (Wildman–Crippen LogP) is 2.13. The van der Waals surface area contributed by atoms with Crippen LogP contribution in [0.1, 0.15) is 37.3 Å². The third kappa shape index (κ3) is 4.95. The van der Waals surface area contributed by atoms with Crippen LogP contribution in [-0.2, 0) is 19.6 Å². The van der Waals surface area contributed by atoms with E-state index in [1.807, 2.05) is 39.0 Å². The second-order valence-electron chi connectivity index (χ2n) is 6.75. The molecule has 0 radical (unpaired) electrons. The van der Waals surface area contributed by atoms with Gasteiger partial charge < -0.3 is 9.64 Å². The molecule has 1 aliphatic rings. The molecule has 140 valence electrons. The minimum atomic E-state index is -3.48. The van der Waals surface area contributed by atoms with Gasteiger partial charge in [-0.05, 0) is 24.0 Å². The Morgan fingerprint density at radius 3 is 2.48 bits per heavy atom. The third-order valence-corrected chi connectivity index (χ3v) is 5.60. The molecular weight excluding hydrogens is 340 g/mol. The standard InChI is InChI=1S/C18H28N2O4S/c1-14(2)16-7-5-6-15(3)18(16)20(25(4,22)23)9-8-17(21)19-10-12-24-13-11-19/h5-7,14H,8-13H2,1-4H3. The largest absolute Gasteiger partial charge is 0.378 e. The number of ether oxygens (including phenoxy) is 1. The zero-order valence-electron chi connectivity index (χ0n) is 15.5. The van der Waals surface area contributed by atoms with E-state index in [9.17, 15) is 13.2 Å². The molecule has 1 heterocycles. The summed E-state index contributed by atoms with van der Waals surface area (Å²) in [5.74, 6) is 0.158. The fourth-order valence-corrected chi connectivity index (χ4v) is 4.10. The number of morpholine rings is 1. The van der Waals surface area contributed by atoms with Crippen molar-refractivity contribution < 1.29 is 17.9 Å².